The Kier molecular flexibility index (Phi) is 9.37. The smallest absolute Gasteiger partial charge is 0.193 e. The summed E-state index contributed by atoms with van der Waals surface area (Å²) >= 11 is 0. The van der Waals surface area contributed by atoms with E-state index < -0.39 is 0 Å². The van der Waals surface area contributed by atoms with Crippen LogP contribution in [0, 0.1) is 5.92 Å². The van der Waals surface area contributed by atoms with Gasteiger partial charge in [-0.05, 0) is 18.4 Å². The average molecular weight is 348 g/mol. The number of nitrogens with one attached hydrogen (secondary N) is 1. The molecule has 1 aliphatic heterocycles. The number of guanidine groups is 1. The molecular formula is C20H33N3O2. The van der Waals surface area contributed by atoms with Crippen LogP contribution >= 0.6 is 0 Å². The third kappa shape index (κ3) is 7.45. The molecule has 25 heavy (non-hydrogen) atoms. The van der Waals surface area contributed by atoms with Crippen LogP contribution in [0.15, 0.2) is 35.3 Å². The maximum absolute atomic E-state index is 5.89. The predicted octanol–water partition coefficient (Wildman–Crippen LogP) is 2.92. The molecule has 0 amide bonds. The van der Waals surface area contributed by atoms with Crippen LogP contribution < -0.4 is 5.32 Å². The van der Waals surface area contributed by atoms with Gasteiger partial charge in [0.15, 0.2) is 5.96 Å². The van der Waals surface area contributed by atoms with Crippen LogP contribution in [0.4, 0.5) is 0 Å². The Labute approximate surface area is 152 Å². The van der Waals surface area contributed by atoms with Crippen LogP contribution in [0.25, 0.3) is 0 Å². The first-order valence-corrected chi connectivity index (χ1v) is 9.48. The second-order valence-corrected chi connectivity index (χ2v) is 6.54. The normalized spacial score (nSPS) is 17.9. The fourth-order valence-electron chi connectivity index (χ4n) is 2.99. The van der Waals surface area contributed by atoms with E-state index in [1.54, 1.807) is 0 Å². The van der Waals surface area contributed by atoms with Gasteiger partial charge in [-0.1, -0.05) is 43.7 Å². The Morgan fingerprint density at radius 3 is 2.84 bits per heavy atom. The van der Waals surface area contributed by atoms with Gasteiger partial charge in [0.2, 0.25) is 0 Å². The first-order chi connectivity index (χ1) is 12.3. The first-order valence-electron chi connectivity index (χ1n) is 9.48. The zero-order chi connectivity index (χ0) is 17.7. The molecule has 1 saturated heterocycles. The molecule has 0 spiro atoms. The highest BCUT2D eigenvalue weighted by atomic mass is 16.5. The lowest BCUT2D eigenvalue weighted by atomic mass is 10.1. The Balaban J connectivity index is 1.61. The van der Waals surface area contributed by atoms with Gasteiger partial charge in [0.05, 0.1) is 19.8 Å². The van der Waals surface area contributed by atoms with Crippen molar-refractivity contribution in [3.05, 3.63) is 35.9 Å². The fourth-order valence-corrected chi connectivity index (χ4v) is 2.99. The van der Waals surface area contributed by atoms with Crippen LogP contribution in [0.2, 0.25) is 0 Å². The van der Waals surface area contributed by atoms with Crippen molar-refractivity contribution in [2.45, 2.75) is 32.8 Å². The first kappa shape index (κ1) is 19.7. The van der Waals surface area contributed by atoms with Crippen molar-refractivity contribution in [3.8, 4) is 0 Å². The van der Waals surface area contributed by atoms with Crippen molar-refractivity contribution in [1.82, 2.24) is 10.2 Å². The summed E-state index contributed by atoms with van der Waals surface area (Å²) in [5.41, 5.74) is 1.23. The van der Waals surface area contributed by atoms with E-state index in [2.05, 4.69) is 46.4 Å². The van der Waals surface area contributed by atoms with Crippen molar-refractivity contribution in [3.63, 3.8) is 0 Å². The lowest BCUT2D eigenvalue weighted by molar-refractivity contribution is 0.0906. The molecule has 1 aromatic carbocycles. The second-order valence-electron chi connectivity index (χ2n) is 6.54. The number of rotatable bonds is 10. The van der Waals surface area contributed by atoms with E-state index in [4.69, 9.17) is 9.47 Å². The van der Waals surface area contributed by atoms with E-state index in [1.807, 2.05) is 13.1 Å². The summed E-state index contributed by atoms with van der Waals surface area (Å²) in [7, 11) is 1.85. The van der Waals surface area contributed by atoms with E-state index >= 15 is 0 Å². The molecule has 1 fully saturated rings. The number of hydrogen-bond acceptors (Lipinski definition) is 3. The Bertz CT molecular complexity index is 493. The highest BCUT2D eigenvalue weighted by Crippen LogP contribution is 2.17. The van der Waals surface area contributed by atoms with Gasteiger partial charge >= 0.3 is 0 Å². The molecule has 0 aliphatic carbocycles. The average Bonchev–Trinajstić information content (AvgIpc) is 3.11. The summed E-state index contributed by atoms with van der Waals surface area (Å²) in [4.78, 5) is 6.72. The molecule has 5 heteroatoms. The summed E-state index contributed by atoms with van der Waals surface area (Å²) in [5.74, 6) is 1.55. The molecular weight excluding hydrogens is 314 g/mol. The van der Waals surface area contributed by atoms with Crippen LogP contribution in [0.3, 0.4) is 0 Å². The maximum atomic E-state index is 5.89. The number of ether oxygens (including phenoxy) is 2. The monoisotopic (exact) mass is 347 g/mol. The third-order valence-corrected chi connectivity index (χ3v) is 4.43. The summed E-state index contributed by atoms with van der Waals surface area (Å²) in [5, 5.41) is 3.40. The minimum absolute atomic E-state index is 0.572. The van der Waals surface area contributed by atoms with Crippen LogP contribution in [-0.4, -0.2) is 57.4 Å². The molecule has 1 atom stereocenters. The minimum Gasteiger partial charge on any atom is -0.380 e. The topological polar surface area (TPSA) is 46.1 Å². The molecule has 1 unspecified atom stereocenters. The predicted molar refractivity (Wildman–Crippen MR) is 103 cm³/mol. The van der Waals surface area contributed by atoms with Gasteiger partial charge in [-0.3, -0.25) is 4.99 Å². The van der Waals surface area contributed by atoms with E-state index in [-0.39, 0.29) is 0 Å². The summed E-state index contributed by atoms with van der Waals surface area (Å²) in [6.07, 6.45) is 3.46. The minimum atomic E-state index is 0.572. The van der Waals surface area contributed by atoms with Crippen molar-refractivity contribution in [2.24, 2.45) is 10.9 Å². The summed E-state index contributed by atoms with van der Waals surface area (Å²) < 4.78 is 11.5. The molecule has 2 rings (SSSR count). The highest BCUT2D eigenvalue weighted by Gasteiger charge is 2.24. The second kappa shape index (κ2) is 11.9. The fraction of sp³-hybridized carbons (Fsp3) is 0.650. The zero-order valence-electron chi connectivity index (χ0n) is 15.7. The molecule has 1 aromatic rings. The van der Waals surface area contributed by atoms with E-state index in [9.17, 15) is 0 Å². The summed E-state index contributed by atoms with van der Waals surface area (Å²) in [6.45, 7) is 8.11. The van der Waals surface area contributed by atoms with E-state index in [0.717, 1.165) is 58.3 Å². The van der Waals surface area contributed by atoms with E-state index in [1.165, 1.54) is 12.0 Å². The van der Waals surface area contributed by atoms with Crippen LogP contribution in [-0.2, 0) is 16.1 Å². The van der Waals surface area contributed by atoms with Crippen LogP contribution in [0.5, 0.6) is 0 Å². The van der Waals surface area contributed by atoms with Gasteiger partial charge < -0.3 is 19.7 Å². The largest absolute Gasteiger partial charge is 0.380 e. The van der Waals surface area contributed by atoms with Crippen molar-refractivity contribution in [2.75, 3.05) is 46.5 Å². The molecule has 0 bridgehead atoms. The molecule has 140 valence electrons. The number of hydrogen-bond donors (Lipinski definition) is 1. The molecule has 0 saturated carbocycles. The van der Waals surface area contributed by atoms with Crippen molar-refractivity contribution >= 4 is 5.96 Å². The summed E-state index contributed by atoms with van der Waals surface area (Å²) in [6, 6.07) is 10.4. The molecule has 0 aromatic heterocycles. The standard InChI is InChI=1S/C20H33N3O2/c1-3-4-13-24-14-11-22-20(21-2)23-12-10-19(15-23)17-25-16-18-8-6-5-7-9-18/h5-9,19H,3-4,10-17H2,1-2H3,(H,21,22). The Morgan fingerprint density at radius 2 is 2.08 bits per heavy atom. The molecule has 1 aliphatic rings. The molecule has 5 nitrogen and oxygen atoms in total. The number of unbranched alkanes of at least 4 members (excludes halogenated alkanes) is 1. The zero-order valence-corrected chi connectivity index (χ0v) is 15.7. The van der Waals surface area contributed by atoms with Crippen LogP contribution in [0.1, 0.15) is 31.7 Å². The SMILES string of the molecule is CCCCOCCNC(=NC)N1CCC(COCc2ccccc2)C1. The van der Waals surface area contributed by atoms with Gasteiger partial charge in [-0.25, -0.2) is 0 Å². The van der Waals surface area contributed by atoms with E-state index in [0.29, 0.717) is 12.5 Å². The molecule has 1 N–H and O–H groups in total. The number of benzene rings is 1. The molecule has 1 heterocycles. The van der Waals surface area contributed by atoms with Gasteiger partial charge in [0, 0.05) is 39.2 Å². The Hall–Kier alpha value is -1.59. The number of nitrogens with zero attached hydrogens (tertiary/aromatic N) is 2. The number of aliphatic imine (C=N–C) groups is 1. The van der Waals surface area contributed by atoms with Gasteiger partial charge in [0.1, 0.15) is 0 Å². The lowest BCUT2D eigenvalue weighted by Gasteiger charge is -2.21. The number of likely N-dealkylation sites (tertiary alicyclic amines) is 1. The van der Waals surface area contributed by atoms with Gasteiger partial charge in [0.25, 0.3) is 0 Å². The lowest BCUT2D eigenvalue weighted by Crippen LogP contribution is -2.41. The maximum Gasteiger partial charge on any atom is 0.193 e. The van der Waals surface area contributed by atoms with Gasteiger partial charge in [-0.2, -0.15) is 0 Å². The van der Waals surface area contributed by atoms with Gasteiger partial charge in [-0.15, -0.1) is 0 Å². The molecule has 0 radical (unpaired) electrons. The van der Waals surface area contributed by atoms with Crippen molar-refractivity contribution in [1.29, 1.82) is 0 Å². The highest BCUT2D eigenvalue weighted by molar-refractivity contribution is 5.80. The quantitative estimate of drug-likeness (QED) is 0.402. The Morgan fingerprint density at radius 1 is 1.24 bits per heavy atom. The third-order valence-electron chi connectivity index (χ3n) is 4.43. The van der Waals surface area contributed by atoms with Crippen molar-refractivity contribution < 1.29 is 9.47 Å².